The number of nitrogens with zero attached hydrogens (tertiary/aromatic N) is 2. The van der Waals surface area contributed by atoms with Crippen LogP contribution in [0.1, 0.15) is 24.7 Å². The van der Waals surface area contributed by atoms with Gasteiger partial charge in [0.25, 0.3) is 0 Å². The van der Waals surface area contributed by atoms with Crippen molar-refractivity contribution in [3.63, 3.8) is 0 Å². The Morgan fingerprint density at radius 3 is 2.48 bits per heavy atom. The molecule has 0 radical (unpaired) electrons. The van der Waals surface area contributed by atoms with Gasteiger partial charge in [0, 0.05) is 39.6 Å². The highest BCUT2D eigenvalue weighted by Gasteiger charge is 2.23. The largest absolute Gasteiger partial charge is 0.476 e. The number of thioether (sulfide) groups is 1. The van der Waals surface area contributed by atoms with Crippen molar-refractivity contribution in [1.82, 2.24) is 9.55 Å². The van der Waals surface area contributed by atoms with E-state index in [9.17, 15) is 0 Å². The zero-order chi connectivity index (χ0) is 17.0. The van der Waals surface area contributed by atoms with E-state index in [1.54, 1.807) is 24.7 Å². The third-order valence-electron chi connectivity index (χ3n) is 2.87. The Bertz CT molecular complexity index is 654. The first kappa shape index (κ1) is 18.9. The van der Waals surface area contributed by atoms with Gasteiger partial charge in [0.05, 0.1) is 17.7 Å². The molecule has 0 amide bonds. The molecule has 2 aromatic rings. The topological polar surface area (TPSA) is 27.1 Å². The van der Waals surface area contributed by atoms with Crippen LogP contribution in [-0.4, -0.2) is 20.0 Å². The molecule has 0 bridgehead atoms. The fraction of sp³-hybridized carbons (Fsp3) is 0.333. The lowest BCUT2D eigenvalue weighted by atomic mass is 10.1. The standard InChI is InChI=1S/C15H15Cl3N2OS2/c1-9(2)21-15(22)23-13(7-20-4-3-19-8-20)14-11(17)5-10(16)6-12(14)18/h3-6,8-9,13H,7H2,1-2H3. The molecule has 8 heteroatoms. The van der Waals surface area contributed by atoms with E-state index in [0.29, 0.717) is 26.0 Å². The van der Waals surface area contributed by atoms with Crippen LogP contribution in [0.15, 0.2) is 30.9 Å². The Hall–Kier alpha value is -0.460. The van der Waals surface area contributed by atoms with E-state index in [-0.39, 0.29) is 11.4 Å². The number of thiocarbonyl (C=S) groups is 1. The quantitative estimate of drug-likeness (QED) is 0.563. The minimum absolute atomic E-state index is 0.0139. The first-order valence-corrected chi connectivity index (χ1v) is 9.26. The zero-order valence-electron chi connectivity index (χ0n) is 12.5. The fourth-order valence-electron chi connectivity index (χ4n) is 1.97. The summed E-state index contributed by atoms with van der Waals surface area (Å²) in [5.74, 6) is 0. The van der Waals surface area contributed by atoms with Crippen LogP contribution in [-0.2, 0) is 11.3 Å². The molecule has 1 unspecified atom stereocenters. The van der Waals surface area contributed by atoms with Gasteiger partial charge in [-0.3, -0.25) is 0 Å². The van der Waals surface area contributed by atoms with Crippen molar-refractivity contribution in [3.8, 4) is 0 Å². The molecule has 0 aliphatic heterocycles. The SMILES string of the molecule is CC(C)OC(=S)SC(Cn1ccnc1)c1c(Cl)cc(Cl)cc1Cl. The third kappa shape index (κ3) is 5.54. The Morgan fingerprint density at radius 1 is 1.30 bits per heavy atom. The van der Waals surface area contributed by atoms with E-state index in [1.807, 2.05) is 24.6 Å². The molecule has 23 heavy (non-hydrogen) atoms. The number of hydrogen-bond acceptors (Lipinski definition) is 4. The zero-order valence-corrected chi connectivity index (χ0v) is 16.4. The Morgan fingerprint density at radius 2 is 1.96 bits per heavy atom. The van der Waals surface area contributed by atoms with Gasteiger partial charge in [-0.05, 0) is 38.2 Å². The Balaban J connectivity index is 2.31. The predicted molar refractivity (Wildman–Crippen MR) is 103 cm³/mol. The van der Waals surface area contributed by atoms with E-state index in [0.717, 1.165) is 5.56 Å². The monoisotopic (exact) mass is 408 g/mol. The van der Waals surface area contributed by atoms with Gasteiger partial charge >= 0.3 is 0 Å². The summed E-state index contributed by atoms with van der Waals surface area (Å²) in [4.78, 5) is 4.06. The third-order valence-corrected chi connectivity index (χ3v) is 5.06. The van der Waals surface area contributed by atoms with Crippen molar-refractivity contribution in [3.05, 3.63) is 51.5 Å². The highest BCUT2D eigenvalue weighted by atomic mass is 35.5. The lowest BCUT2D eigenvalue weighted by molar-refractivity contribution is 0.243. The molecule has 0 N–H and O–H groups in total. The fourth-order valence-corrected chi connectivity index (χ4v) is 4.82. The van der Waals surface area contributed by atoms with Crippen molar-refractivity contribution in [2.24, 2.45) is 0 Å². The van der Waals surface area contributed by atoms with E-state index >= 15 is 0 Å². The van der Waals surface area contributed by atoms with Crippen LogP contribution in [0.5, 0.6) is 0 Å². The molecule has 1 atom stereocenters. The number of halogens is 3. The minimum Gasteiger partial charge on any atom is -0.476 e. The number of hydrogen-bond donors (Lipinski definition) is 0. The molecule has 1 aromatic heterocycles. The number of imidazole rings is 1. The van der Waals surface area contributed by atoms with Gasteiger partial charge in [-0.15, -0.1) is 0 Å². The second-order valence-corrected chi connectivity index (χ2v) is 8.12. The molecular formula is C15H15Cl3N2OS2. The summed E-state index contributed by atoms with van der Waals surface area (Å²) in [6.07, 6.45) is 5.34. The van der Waals surface area contributed by atoms with Gasteiger partial charge in [0.2, 0.25) is 4.38 Å². The highest BCUT2D eigenvalue weighted by Crippen LogP contribution is 2.41. The number of benzene rings is 1. The minimum atomic E-state index is -0.118. The molecule has 3 nitrogen and oxygen atoms in total. The summed E-state index contributed by atoms with van der Waals surface area (Å²) in [6, 6.07) is 3.36. The number of rotatable bonds is 5. The van der Waals surface area contributed by atoms with E-state index < -0.39 is 0 Å². The molecule has 0 saturated heterocycles. The van der Waals surface area contributed by atoms with Gasteiger partial charge in [-0.1, -0.05) is 46.6 Å². The molecular weight excluding hydrogens is 395 g/mol. The first-order chi connectivity index (χ1) is 10.9. The average molecular weight is 410 g/mol. The van der Waals surface area contributed by atoms with Crippen LogP contribution in [0.25, 0.3) is 0 Å². The maximum atomic E-state index is 6.37. The van der Waals surface area contributed by atoms with Gasteiger partial charge in [0.1, 0.15) is 0 Å². The van der Waals surface area contributed by atoms with E-state index in [4.69, 9.17) is 51.8 Å². The van der Waals surface area contributed by atoms with Crippen LogP contribution >= 0.6 is 58.8 Å². The summed E-state index contributed by atoms with van der Waals surface area (Å²) in [5, 5.41) is 1.39. The molecule has 0 spiro atoms. The van der Waals surface area contributed by atoms with Gasteiger partial charge in [-0.25, -0.2) is 4.98 Å². The first-order valence-electron chi connectivity index (χ1n) is 6.84. The average Bonchev–Trinajstić information content (AvgIpc) is 2.88. The molecule has 0 aliphatic carbocycles. The van der Waals surface area contributed by atoms with E-state index in [2.05, 4.69) is 4.98 Å². The van der Waals surface area contributed by atoms with Crippen LogP contribution < -0.4 is 0 Å². The number of ether oxygens (including phenoxy) is 1. The highest BCUT2D eigenvalue weighted by molar-refractivity contribution is 8.22. The van der Waals surface area contributed by atoms with Gasteiger partial charge < -0.3 is 9.30 Å². The normalized spacial score (nSPS) is 12.4. The molecule has 2 rings (SSSR count). The van der Waals surface area contributed by atoms with Crippen molar-refractivity contribution < 1.29 is 4.74 Å². The Labute approximate surface area is 160 Å². The molecule has 1 heterocycles. The van der Waals surface area contributed by atoms with Crippen LogP contribution in [0.4, 0.5) is 0 Å². The summed E-state index contributed by atoms with van der Waals surface area (Å²) in [6.45, 7) is 4.47. The molecule has 0 aliphatic rings. The molecule has 124 valence electrons. The van der Waals surface area contributed by atoms with E-state index in [1.165, 1.54) is 11.8 Å². The van der Waals surface area contributed by atoms with Crippen molar-refractivity contribution >= 4 is 63.2 Å². The maximum Gasteiger partial charge on any atom is 0.220 e. The Kier molecular flexibility index (Phi) is 7.04. The lowest BCUT2D eigenvalue weighted by Gasteiger charge is -2.21. The van der Waals surface area contributed by atoms with Crippen LogP contribution in [0.2, 0.25) is 15.1 Å². The summed E-state index contributed by atoms with van der Waals surface area (Å²) in [7, 11) is 0. The second kappa shape index (κ2) is 8.58. The predicted octanol–water partition coefficient (Wildman–Crippen LogP) is 6.03. The summed E-state index contributed by atoms with van der Waals surface area (Å²) < 4.78 is 7.97. The van der Waals surface area contributed by atoms with Gasteiger partial charge in [-0.2, -0.15) is 0 Å². The van der Waals surface area contributed by atoms with Crippen molar-refractivity contribution in [1.29, 1.82) is 0 Å². The smallest absolute Gasteiger partial charge is 0.220 e. The van der Waals surface area contributed by atoms with Crippen molar-refractivity contribution in [2.45, 2.75) is 31.7 Å². The van der Waals surface area contributed by atoms with Crippen molar-refractivity contribution in [2.75, 3.05) is 0 Å². The summed E-state index contributed by atoms with van der Waals surface area (Å²) >= 11 is 25.5. The number of aromatic nitrogens is 2. The second-order valence-electron chi connectivity index (χ2n) is 5.07. The molecule has 0 saturated carbocycles. The lowest BCUT2D eigenvalue weighted by Crippen LogP contribution is -2.12. The molecule has 1 aromatic carbocycles. The summed E-state index contributed by atoms with van der Waals surface area (Å²) in [5.41, 5.74) is 0.783. The maximum absolute atomic E-state index is 6.37. The van der Waals surface area contributed by atoms with Crippen LogP contribution in [0, 0.1) is 0 Å². The van der Waals surface area contributed by atoms with Crippen LogP contribution in [0.3, 0.4) is 0 Å². The van der Waals surface area contributed by atoms with Gasteiger partial charge in [0.15, 0.2) is 0 Å². The molecule has 0 fully saturated rings.